The van der Waals surface area contributed by atoms with Crippen LogP contribution in [0, 0.1) is 12.3 Å². The number of carbonyl (C=O) groups excluding carboxylic acids is 1. The van der Waals surface area contributed by atoms with E-state index in [1.54, 1.807) is 0 Å². The predicted octanol–water partition coefficient (Wildman–Crippen LogP) is 3.73. The van der Waals surface area contributed by atoms with E-state index in [1.165, 1.54) is 12.0 Å². The number of nitrogens with zero attached hydrogens (tertiary/aromatic N) is 3. The molecule has 2 saturated heterocycles. The van der Waals surface area contributed by atoms with Crippen LogP contribution in [0.3, 0.4) is 0 Å². The van der Waals surface area contributed by atoms with Crippen molar-refractivity contribution in [2.24, 2.45) is 5.41 Å². The molecule has 1 amide bonds. The van der Waals surface area contributed by atoms with E-state index in [1.807, 2.05) is 30.0 Å². The Hall–Kier alpha value is -2.20. The van der Waals surface area contributed by atoms with Gasteiger partial charge >= 0.3 is 0 Å². The minimum Gasteiger partial charge on any atom is -0.337 e. The van der Waals surface area contributed by atoms with Gasteiger partial charge in [0.05, 0.1) is 0 Å². The maximum atomic E-state index is 12.8. The van der Waals surface area contributed by atoms with Crippen LogP contribution >= 0.6 is 0 Å². The van der Waals surface area contributed by atoms with Crippen LogP contribution in [0.4, 0.5) is 0 Å². The summed E-state index contributed by atoms with van der Waals surface area (Å²) < 4.78 is 0. The highest BCUT2D eigenvalue weighted by Crippen LogP contribution is 2.44. The molecule has 0 bridgehead atoms. The highest BCUT2D eigenvalue weighted by Gasteiger charge is 2.42. The SMILES string of the molecule is Cc1cccc(C(=O)N2CCC3(CC2)C[C@@H](c2ccccc2)CN(C)C3)n1. The third kappa shape index (κ3) is 3.91. The van der Waals surface area contributed by atoms with Crippen LogP contribution < -0.4 is 0 Å². The van der Waals surface area contributed by atoms with E-state index in [-0.39, 0.29) is 5.91 Å². The zero-order valence-corrected chi connectivity index (χ0v) is 16.4. The summed E-state index contributed by atoms with van der Waals surface area (Å²) in [7, 11) is 2.24. The van der Waals surface area contributed by atoms with E-state index in [4.69, 9.17) is 0 Å². The van der Waals surface area contributed by atoms with Gasteiger partial charge in [0.1, 0.15) is 5.69 Å². The molecule has 27 heavy (non-hydrogen) atoms. The van der Waals surface area contributed by atoms with Crippen molar-refractivity contribution in [3.8, 4) is 0 Å². The number of likely N-dealkylation sites (tertiary alicyclic amines) is 2. The number of rotatable bonds is 2. The summed E-state index contributed by atoms with van der Waals surface area (Å²) in [5, 5.41) is 0. The van der Waals surface area contributed by atoms with Gasteiger partial charge in [-0.2, -0.15) is 0 Å². The highest BCUT2D eigenvalue weighted by atomic mass is 16.2. The molecule has 1 aromatic heterocycles. The van der Waals surface area contributed by atoms with Gasteiger partial charge in [-0.25, -0.2) is 4.98 Å². The molecule has 4 rings (SSSR count). The van der Waals surface area contributed by atoms with Gasteiger partial charge in [0.25, 0.3) is 5.91 Å². The molecule has 1 aromatic carbocycles. The number of pyridine rings is 1. The third-order valence-electron chi connectivity index (χ3n) is 6.31. The summed E-state index contributed by atoms with van der Waals surface area (Å²) in [5.74, 6) is 0.669. The van der Waals surface area contributed by atoms with Crippen molar-refractivity contribution in [1.29, 1.82) is 0 Å². The molecule has 4 nitrogen and oxygen atoms in total. The zero-order valence-electron chi connectivity index (χ0n) is 16.4. The van der Waals surface area contributed by atoms with Crippen molar-refractivity contribution >= 4 is 5.91 Å². The molecule has 0 N–H and O–H groups in total. The average Bonchev–Trinajstić information content (AvgIpc) is 2.68. The maximum absolute atomic E-state index is 12.8. The number of aromatic nitrogens is 1. The number of piperidine rings is 2. The highest BCUT2D eigenvalue weighted by molar-refractivity contribution is 5.92. The second-order valence-electron chi connectivity index (χ2n) is 8.46. The lowest BCUT2D eigenvalue weighted by atomic mass is 9.68. The quantitative estimate of drug-likeness (QED) is 0.816. The summed E-state index contributed by atoms with van der Waals surface area (Å²) in [4.78, 5) is 21.7. The van der Waals surface area contributed by atoms with Gasteiger partial charge in [0.2, 0.25) is 0 Å². The second-order valence-corrected chi connectivity index (χ2v) is 8.46. The van der Waals surface area contributed by atoms with Crippen molar-refractivity contribution < 1.29 is 4.79 Å². The summed E-state index contributed by atoms with van der Waals surface area (Å²) in [6, 6.07) is 16.6. The van der Waals surface area contributed by atoms with Crippen molar-refractivity contribution in [3.05, 3.63) is 65.5 Å². The first-order chi connectivity index (χ1) is 13.0. The molecular weight excluding hydrogens is 334 g/mol. The van der Waals surface area contributed by atoms with Gasteiger partial charge in [-0.3, -0.25) is 4.79 Å². The number of hydrogen-bond acceptors (Lipinski definition) is 3. The van der Waals surface area contributed by atoms with Gasteiger partial charge in [-0.1, -0.05) is 36.4 Å². The van der Waals surface area contributed by atoms with Crippen molar-refractivity contribution in [1.82, 2.24) is 14.8 Å². The lowest BCUT2D eigenvalue weighted by Crippen LogP contribution is -2.51. The Morgan fingerprint density at radius 1 is 1.07 bits per heavy atom. The first-order valence-corrected chi connectivity index (χ1v) is 10.0. The lowest BCUT2D eigenvalue weighted by Gasteiger charge is -2.49. The Bertz CT molecular complexity index is 796. The summed E-state index contributed by atoms with van der Waals surface area (Å²) in [6.07, 6.45) is 3.39. The van der Waals surface area contributed by atoms with Crippen LogP contribution in [0.15, 0.2) is 48.5 Å². The molecule has 2 aromatic rings. The van der Waals surface area contributed by atoms with Crippen molar-refractivity contribution in [3.63, 3.8) is 0 Å². The molecular formula is C23H29N3O. The molecule has 0 aliphatic carbocycles. The fourth-order valence-corrected chi connectivity index (χ4v) is 4.98. The molecule has 2 fully saturated rings. The summed E-state index contributed by atoms with van der Waals surface area (Å²) in [6.45, 7) is 5.87. The molecule has 4 heteroatoms. The molecule has 2 aliphatic rings. The first kappa shape index (κ1) is 18.2. The Morgan fingerprint density at radius 3 is 2.52 bits per heavy atom. The number of likely N-dealkylation sites (N-methyl/N-ethyl adjacent to an activating group) is 1. The zero-order chi connectivity index (χ0) is 18.9. The fourth-order valence-electron chi connectivity index (χ4n) is 4.98. The van der Waals surface area contributed by atoms with Crippen LogP contribution in [-0.4, -0.2) is 53.9 Å². The van der Waals surface area contributed by atoms with E-state index >= 15 is 0 Å². The standard InChI is InChI=1S/C23H29N3O/c1-18-7-6-10-21(24-18)22(27)26-13-11-23(12-14-26)15-20(16-25(2)17-23)19-8-4-3-5-9-19/h3-10,20H,11-17H2,1-2H3/t20-/m1/s1. The third-order valence-corrected chi connectivity index (χ3v) is 6.31. The van der Waals surface area contributed by atoms with Crippen molar-refractivity contribution in [2.75, 3.05) is 33.2 Å². The van der Waals surface area contributed by atoms with E-state index in [9.17, 15) is 4.79 Å². The monoisotopic (exact) mass is 363 g/mol. The second kappa shape index (κ2) is 7.43. The predicted molar refractivity (Wildman–Crippen MR) is 108 cm³/mol. The van der Waals surface area contributed by atoms with Crippen LogP contribution in [0.1, 0.15) is 46.9 Å². The van der Waals surface area contributed by atoms with Crippen LogP contribution in [-0.2, 0) is 0 Å². The molecule has 3 heterocycles. The molecule has 1 spiro atoms. The van der Waals surface area contributed by atoms with Crippen LogP contribution in [0.2, 0.25) is 0 Å². The Balaban J connectivity index is 1.45. The van der Waals surface area contributed by atoms with E-state index < -0.39 is 0 Å². The smallest absolute Gasteiger partial charge is 0.272 e. The van der Waals surface area contributed by atoms with Gasteiger partial charge in [0.15, 0.2) is 0 Å². The van der Waals surface area contributed by atoms with Crippen molar-refractivity contribution in [2.45, 2.75) is 32.1 Å². The number of amides is 1. The largest absolute Gasteiger partial charge is 0.337 e. The van der Waals surface area contributed by atoms with Gasteiger partial charge < -0.3 is 9.80 Å². The Kier molecular flexibility index (Phi) is 5.00. The molecule has 0 saturated carbocycles. The van der Waals surface area contributed by atoms with Crippen LogP contribution in [0.25, 0.3) is 0 Å². The fraction of sp³-hybridized carbons (Fsp3) is 0.478. The Labute approximate surface area is 162 Å². The van der Waals surface area contributed by atoms with Gasteiger partial charge in [-0.05, 0) is 62.3 Å². The molecule has 0 radical (unpaired) electrons. The maximum Gasteiger partial charge on any atom is 0.272 e. The van der Waals surface area contributed by atoms with E-state index in [0.717, 1.165) is 44.7 Å². The minimum atomic E-state index is 0.0809. The number of benzene rings is 1. The number of aryl methyl sites for hydroxylation is 1. The van der Waals surface area contributed by atoms with E-state index in [0.29, 0.717) is 17.0 Å². The summed E-state index contributed by atoms with van der Waals surface area (Å²) in [5.41, 5.74) is 3.25. The number of hydrogen-bond donors (Lipinski definition) is 0. The normalized spacial score (nSPS) is 22.7. The first-order valence-electron chi connectivity index (χ1n) is 10.0. The number of carbonyl (C=O) groups is 1. The average molecular weight is 364 g/mol. The minimum absolute atomic E-state index is 0.0809. The summed E-state index contributed by atoms with van der Waals surface area (Å²) >= 11 is 0. The Morgan fingerprint density at radius 2 is 1.81 bits per heavy atom. The van der Waals surface area contributed by atoms with E-state index in [2.05, 4.69) is 47.3 Å². The molecule has 1 atom stereocenters. The van der Waals surface area contributed by atoms with Crippen LogP contribution in [0.5, 0.6) is 0 Å². The molecule has 2 aliphatic heterocycles. The molecule has 142 valence electrons. The van der Waals surface area contributed by atoms with Gasteiger partial charge in [0, 0.05) is 31.9 Å². The lowest BCUT2D eigenvalue weighted by molar-refractivity contribution is 0.0222. The van der Waals surface area contributed by atoms with Gasteiger partial charge in [-0.15, -0.1) is 0 Å². The molecule has 0 unspecified atom stereocenters. The topological polar surface area (TPSA) is 36.4 Å².